The first-order valence-electron chi connectivity index (χ1n) is 8.34. The average molecular weight is 341 g/mol. The van der Waals surface area contributed by atoms with Gasteiger partial charge in [0.05, 0.1) is 12.0 Å². The van der Waals surface area contributed by atoms with Crippen LogP contribution in [0, 0.1) is 5.82 Å². The fourth-order valence-electron chi connectivity index (χ4n) is 3.38. The van der Waals surface area contributed by atoms with Gasteiger partial charge in [-0.05, 0) is 55.0 Å². The molecule has 0 atom stereocenters. The number of carbonyl (C=O) groups excluding carboxylic acids is 1. The van der Waals surface area contributed by atoms with E-state index < -0.39 is 5.97 Å². The molecule has 2 aromatic rings. The molecule has 0 aliphatic heterocycles. The predicted octanol–water partition coefficient (Wildman–Crippen LogP) is 3.35. The van der Waals surface area contributed by atoms with Gasteiger partial charge in [0.25, 0.3) is 0 Å². The second kappa shape index (κ2) is 7.05. The van der Waals surface area contributed by atoms with Crippen LogP contribution in [0.2, 0.25) is 0 Å². The SMILES string of the molecule is O=C(Cc1ccccc1C(=O)O)NC1(Cc2cccc(F)c2)CCC1. The van der Waals surface area contributed by atoms with Gasteiger partial charge in [-0.25, -0.2) is 9.18 Å². The Kier molecular flexibility index (Phi) is 4.83. The van der Waals surface area contributed by atoms with Gasteiger partial charge in [-0.3, -0.25) is 4.79 Å². The summed E-state index contributed by atoms with van der Waals surface area (Å²) in [6.45, 7) is 0. The topological polar surface area (TPSA) is 66.4 Å². The molecule has 3 rings (SSSR count). The second-order valence-electron chi connectivity index (χ2n) is 6.63. The second-order valence-corrected chi connectivity index (χ2v) is 6.63. The van der Waals surface area contributed by atoms with E-state index in [1.54, 1.807) is 24.3 Å². The van der Waals surface area contributed by atoms with E-state index in [9.17, 15) is 19.1 Å². The van der Waals surface area contributed by atoms with Crippen LogP contribution in [0.25, 0.3) is 0 Å². The van der Waals surface area contributed by atoms with Crippen LogP contribution < -0.4 is 5.32 Å². The van der Waals surface area contributed by atoms with Crippen LogP contribution >= 0.6 is 0 Å². The lowest BCUT2D eigenvalue weighted by atomic mass is 9.72. The smallest absolute Gasteiger partial charge is 0.335 e. The lowest BCUT2D eigenvalue weighted by molar-refractivity contribution is -0.123. The lowest BCUT2D eigenvalue weighted by Gasteiger charge is -2.43. The Balaban J connectivity index is 1.70. The molecule has 0 spiro atoms. The van der Waals surface area contributed by atoms with Gasteiger partial charge in [0.2, 0.25) is 5.91 Å². The van der Waals surface area contributed by atoms with Crippen LogP contribution in [0.4, 0.5) is 4.39 Å². The first-order chi connectivity index (χ1) is 12.0. The van der Waals surface area contributed by atoms with Gasteiger partial charge in [-0.15, -0.1) is 0 Å². The summed E-state index contributed by atoms with van der Waals surface area (Å²) in [6, 6.07) is 12.9. The normalized spacial score (nSPS) is 15.2. The Hall–Kier alpha value is -2.69. The molecular formula is C20H20FNO3. The number of rotatable bonds is 6. The molecule has 130 valence electrons. The van der Waals surface area contributed by atoms with Crippen molar-refractivity contribution in [3.8, 4) is 0 Å². The van der Waals surface area contributed by atoms with Crippen LogP contribution in [0.15, 0.2) is 48.5 Å². The molecule has 4 nitrogen and oxygen atoms in total. The molecule has 0 unspecified atom stereocenters. The minimum atomic E-state index is -1.04. The van der Waals surface area contributed by atoms with Crippen LogP contribution in [0.5, 0.6) is 0 Å². The molecule has 0 radical (unpaired) electrons. The van der Waals surface area contributed by atoms with E-state index in [1.807, 2.05) is 6.07 Å². The van der Waals surface area contributed by atoms with Gasteiger partial charge >= 0.3 is 5.97 Å². The fraction of sp³-hybridized carbons (Fsp3) is 0.300. The zero-order valence-corrected chi connectivity index (χ0v) is 13.8. The molecule has 1 fully saturated rings. The van der Waals surface area contributed by atoms with E-state index in [1.165, 1.54) is 18.2 Å². The molecule has 1 aliphatic carbocycles. The molecule has 25 heavy (non-hydrogen) atoms. The van der Waals surface area contributed by atoms with Crippen molar-refractivity contribution < 1.29 is 19.1 Å². The van der Waals surface area contributed by atoms with E-state index in [0.717, 1.165) is 24.8 Å². The van der Waals surface area contributed by atoms with Crippen LogP contribution in [0.3, 0.4) is 0 Å². The van der Waals surface area contributed by atoms with Crippen molar-refractivity contribution in [3.05, 3.63) is 71.0 Å². The number of carbonyl (C=O) groups is 2. The number of benzene rings is 2. The Labute approximate surface area is 145 Å². The van der Waals surface area contributed by atoms with E-state index in [0.29, 0.717) is 12.0 Å². The minimum Gasteiger partial charge on any atom is -0.478 e. The molecule has 2 N–H and O–H groups in total. The molecule has 1 amide bonds. The van der Waals surface area contributed by atoms with Crippen molar-refractivity contribution in [2.75, 3.05) is 0 Å². The Morgan fingerprint density at radius 3 is 2.52 bits per heavy atom. The third-order valence-corrected chi connectivity index (χ3v) is 4.75. The quantitative estimate of drug-likeness (QED) is 0.847. The Bertz CT molecular complexity index is 799. The van der Waals surface area contributed by atoms with Crippen molar-refractivity contribution >= 4 is 11.9 Å². The predicted molar refractivity (Wildman–Crippen MR) is 91.9 cm³/mol. The first kappa shape index (κ1) is 17.1. The highest BCUT2D eigenvalue weighted by Gasteiger charge is 2.38. The van der Waals surface area contributed by atoms with Gasteiger partial charge in [0.1, 0.15) is 5.82 Å². The monoisotopic (exact) mass is 341 g/mol. The third kappa shape index (κ3) is 4.05. The highest BCUT2D eigenvalue weighted by molar-refractivity contribution is 5.91. The molecule has 5 heteroatoms. The van der Waals surface area contributed by atoms with Gasteiger partial charge in [-0.2, -0.15) is 0 Å². The molecule has 1 saturated carbocycles. The summed E-state index contributed by atoms with van der Waals surface area (Å²) in [5, 5.41) is 12.3. The van der Waals surface area contributed by atoms with Crippen molar-refractivity contribution in [2.45, 2.75) is 37.6 Å². The van der Waals surface area contributed by atoms with Gasteiger partial charge in [0.15, 0.2) is 0 Å². The van der Waals surface area contributed by atoms with Crippen LogP contribution in [-0.2, 0) is 17.6 Å². The Morgan fingerprint density at radius 2 is 1.88 bits per heavy atom. The van der Waals surface area contributed by atoms with E-state index in [4.69, 9.17) is 0 Å². The summed E-state index contributed by atoms with van der Waals surface area (Å²) in [4.78, 5) is 23.7. The summed E-state index contributed by atoms with van der Waals surface area (Å²) in [7, 11) is 0. The minimum absolute atomic E-state index is 0.0212. The molecule has 0 saturated heterocycles. The number of carboxylic acid groups (broad SMARTS) is 1. The maximum atomic E-state index is 13.4. The number of carboxylic acids is 1. The molecule has 0 bridgehead atoms. The molecule has 0 aromatic heterocycles. The molecule has 2 aromatic carbocycles. The molecular weight excluding hydrogens is 321 g/mol. The zero-order valence-electron chi connectivity index (χ0n) is 13.8. The maximum absolute atomic E-state index is 13.4. The Morgan fingerprint density at radius 1 is 1.12 bits per heavy atom. The zero-order chi connectivity index (χ0) is 17.9. The van der Waals surface area contributed by atoms with Crippen LogP contribution in [0.1, 0.15) is 40.7 Å². The maximum Gasteiger partial charge on any atom is 0.335 e. The number of aromatic carboxylic acids is 1. The van der Waals surface area contributed by atoms with Crippen LogP contribution in [-0.4, -0.2) is 22.5 Å². The number of hydrogen-bond donors (Lipinski definition) is 2. The van der Waals surface area contributed by atoms with Crippen molar-refractivity contribution in [2.24, 2.45) is 0 Å². The summed E-state index contributed by atoms with van der Waals surface area (Å²) in [5.74, 6) is -1.53. The summed E-state index contributed by atoms with van der Waals surface area (Å²) in [5.41, 5.74) is 1.13. The van der Waals surface area contributed by atoms with Crippen molar-refractivity contribution in [1.82, 2.24) is 5.32 Å². The van der Waals surface area contributed by atoms with Crippen molar-refractivity contribution in [3.63, 3.8) is 0 Å². The third-order valence-electron chi connectivity index (χ3n) is 4.75. The average Bonchev–Trinajstić information content (AvgIpc) is 2.53. The summed E-state index contributed by atoms with van der Waals surface area (Å²) < 4.78 is 13.4. The van der Waals surface area contributed by atoms with Gasteiger partial charge in [-0.1, -0.05) is 30.3 Å². The highest BCUT2D eigenvalue weighted by atomic mass is 19.1. The largest absolute Gasteiger partial charge is 0.478 e. The standard InChI is InChI=1S/C20H20FNO3/c21-16-7-3-5-14(11-16)13-20(9-4-10-20)22-18(23)12-15-6-1-2-8-17(15)19(24)25/h1-3,5-8,11H,4,9-10,12-13H2,(H,22,23)(H,24,25). The summed E-state index contributed by atoms with van der Waals surface area (Å²) in [6.07, 6.45) is 3.30. The first-order valence-corrected chi connectivity index (χ1v) is 8.34. The van der Waals surface area contributed by atoms with E-state index in [2.05, 4.69) is 5.32 Å². The summed E-state index contributed by atoms with van der Waals surface area (Å²) >= 11 is 0. The number of halogens is 1. The van der Waals surface area contributed by atoms with E-state index >= 15 is 0 Å². The van der Waals surface area contributed by atoms with E-state index in [-0.39, 0.29) is 29.2 Å². The lowest BCUT2D eigenvalue weighted by Crippen LogP contribution is -2.55. The van der Waals surface area contributed by atoms with Gasteiger partial charge < -0.3 is 10.4 Å². The molecule has 1 aliphatic rings. The number of hydrogen-bond acceptors (Lipinski definition) is 2. The number of nitrogens with one attached hydrogen (secondary N) is 1. The number of amides is 1. The molecule has 0 heterocycles. The highest BCUT2D eigenvalue weighted by Crippen LogP contribution is 2.35. The fourth-order valence-corrected chi connectivity index (χ4v) is 3.38. The van der Waals surface area contributed by atoms with Crippen molar-refractivity contribution in [1.29, 1.82) is 0 Å². The van der Waals surface area contributed by atoms with Gasteiger partial charge in [0, 0.05) is 5.54 Å².